The maximum Gasteiger partial charge on any atom is 0.146 e. The average Bonchev–Trinajstić information content (AvgIpc) is 2.45. The van der Waals surface area contributed by atoms with E-state index in [1.807, 2.05) is 29.8 Å². The molecule has 3 heteroatoms. The van der Waals surface area contributed by atoms with Crippen molar-refractivity contribution in [3.05, 3.63) is 41.6 Å². The molecule has 0 aliphatic heterocycles. The van der Waals surface area contributed by atoms with E-state index in [2.05, 4.69) is 24.2 Å². The van der Waals surface area contributed by atoms with Gasteiger partial charge >= 0.3 is 0 Å². The Labute approximate surface area is 83.2 Å². The largest absolute Gasteiger partial charge is 0.382 e. The van der Waals surface area contributed by atoms with Crippen LogP contribution in [0.25, 0.3) is 5.69 Å². The quantitative estimate of drug-likeness (QED) is 0.742. The molecule has 1 aromatic carbocycles. The van der Waals surface area contributed by atoms with Gasteiger partial charge in [0.1, 0.15) is 5.82 Å². The van der Waals surface area contributed by atoms with Gasteiger partial charge < -0.3 is 5.73 Å². The van der Waals surface area contributed by atoms with E-state index in [9.17, 15) is 0 Å². The van der Waals surface area contributed by atoms with Crippen molar-refractivity contribution in [3.8, 4) is 5.69 Å². The first-order valence-corrected chi connectivity index (χ1v) is 4.56. The molecule has 2 aromatic rings. The van der Waals surface area contributed by atoms with Gasteiger partial charge in [-0.1, -0.05) is 12.1 Å². The zero-order chi connectivity index (χ0) is 10.1. The van der Waals surface area contributed by atoms with Crippen LogP contribution in [0.2, 0.25) is 0 Å². The summed E-state index contributed by atoms with van der Waals surface area (Å²) in [6, 6.07) is 10.0. The molecule has 0 aliphatic carbocycles. The summed E-state index contributed by atoms with van der Waals surface area (Å²) < 4.78 is 1.85. The minimum atomic E-state index is 0.559. The van der Waals surface area contributed by atoms with Gasteiger partial charge in [-0.05, 0) is 31.5 Å². The maximum absolute atomic E-state index is 5.62. The molecule has 2 N–H and O–H groups in total. The normalized spacial score (nSPS) is 10.4. The summed E-state index contributed by atoms with van der Waals surface area (Å²) in [4.78, 5) is 0. The Morgan fingerprint density at radius 2 is 2.00 bits per heavy atom. The van der Waals surface area contributed by atoms with Crippen molar-refractivity contribution in [3.63, 3.8) is 0 Å². The molecule has 3 nitrogen and oxygen atoms in total. The fourth-order valence-electron chi connectivity index (χ4n) is 1.52. The molecule has 1 heterocycles. The standard InChI is InChI=1S/C11H13N3/c1-8-4-3-5-10(6-8)14-9(2)7-11(12)13-14/h3-7H,1-2H3,(H2,12,13). The third-order valence-electron chi connectivity index (χ3n) is 2.15. The molecule has 0 amide bonds. The first-order valence-electron chi connectivity index (χ1n) is 4.56. The van der Waals surface area contributed by atoms with Crippen LogP contribution in [0.5, 0.6) is 0 Å². The number of benzene rings is 1. The van der Waals surface area contributed by atoms with Crippen LogP contribution in [0, 0.1) is 13.8 Å². The number of nitrogen functional groups attached to an aromatic ring is 1. The van der Waals surface area contributed by atoms with Crippen LogP contribution in [0.15, 0.2) is 30.3 Å². The predicted molar refractivity (Wildman–Crippen MR) is 57.5 cm³/mol. The molecular weight excluding hydrogens is 174 g/mol. The zero-order valence-corrected chi connectivity index (χ0v) is 8.36. The summed E-state index contributed by atoms with van der Waals surface area (Å²) in [5.41, 5.74) is 8.95. The number of nitrogens with two attached hydrogens (primary N) is 1. The number of hydrogen-bond acceptors (Lipinski definition) is 2. The Morgan fingerprint density at radius 1 is 1.21 bits per heavy atom. The highest BCUT2D eigenvalue weighted by Gasteiger charge is 2.03. The number of hydrogen-bond donors (Lipinski definition) is 1. The first-order chi connectivity index (χ1) is 6.66. The van der Waals surface area contributed by atoms with Gasteiger partial charge in [-0.15, -0.1) is 0 Å². The van der Waals surface area contributed by atoms with Crippen LogP contribution in [-0.4, -0.2) is 9.78 Å². The van der Waals surface area contributed by atoms with Crippen molar-refractivity contribution in [2.24, 2.45) is 0 Å². The van der Waals surface area contributed by atoms with Gasteiger partial charge in [-0.25, -0.2) is 4.68 Å². The topological polar surface area (TPSA) is 43.8 Å². The van der Waals surface area contributed by atoms with E-state index in [-0.39, 0.29) is 0 Å². The highest BCUT2D eigenvalue weighted by Crippen LogP contribution is 2.13. The SMILES string of the molecule is Cc1cccc(-n2nc(N)cc2C)c1. The second-order valence-corrected chi connectivity index (χ2v) is 3.46. The monoisotopic (exact) mass is 187 g/mol. The lowest BCUT2D eigenvalue weighted by molar-refractivity contribution is 0.850. The van der Waals surface area contributed by atoms with Gasteiger partial charge in [0.15, 0.2) is 0 Å². The Morgan fingerprint density at radius 3 is 2.57 bits per heavy atom. The second-order valence-electron chi connectivity index (χ2n) is 3.46. The molecule has 0 fully saturated rings. The van der Waals surface area contributed by atoms with E-state index in [1.165, 1.54) is 5.56 Å². The fourth-order valence-corrected chi connectivity index (χ4v) is 1.52. The number of aromatic nitrogens is 2. The molecule has 14 heavy (non-hydrogen) atoms. The van der Waals surface area contributed by atoms with Crippen LogP contribution in [-0.2, 0) is 0 Å². The van der Waals surface area contributed by atoms with Crippen molar-refractivity contribution >= 4 is 5.82 Å². The minimum absolute atomic E-state index is 0.559. The molecule has 0 saturated heterocycles. The van der Waals surface area contributed by atoms with Crippen molar-refractivity contribution in [1.82, 2.24) is 9.78 Å². The van der Waals surface area contributed by atoms with Gasteiger partial charge in [0.25, 0.3) is 0 Å². The summed E-state index contributed by atoms with van der Waals surface area (Å²) in [5, 5.41) is 4.22. The van der Waals surface area contributed by atoms with E-state index in [0.717, 1.165) is 11.4 Å². The highest BCUT2D eigenvalue weighted by atomic mass is 15.3. The minimum Gasteiger partial charge on any atom is -0.382 e. The first kappa shape index (κ1) is 8.81. The van der Waals surface area contributed by atoms with Crippen LogP contribution in [0.1, 0.15) is 11.3 Å². The molecule has 1 aromatic heterocycles. The molecule has 0 atom stereocenters. The number of aryl methyl sites for hydroxylation is 2. The Kier molecular flexibility index (Phi) is 2.00. The molecule has 2 rings (SSSR count). The summed E-state index contributed by atoms with van der Waals surface area (Å²) in [6.07, 6.45) is 0. The van der Waals surface area contributed by atoms with Gasteiger partial charge in [0.05, 0.1) is 5.69 Å². The van der Waals surface area contributed by atoms with Crippen LogP contribution in [0.4, 0.5) is 5.82 Å². The van der Waals surface area contributed by atoms with Crippen LogP contribution >= 0.6 is 0 Å². The molecule has 0 radical (unpaired) electrons. The van der Waals surface area contributed by atoms with E-state index < -0.39 is 0 Å². The van der Waals surface area contributed by atoms with Gasteiger partial charge in [0, 0.05) is 11.8 Å². The molecule has 0 bridgehead atoms. The molecule has 0 saturated carbocycles. The summed E-state index contributed by atoms with van der Waals surface area (Å²) in [6.45, 7) is 4.05. The number of anilines is 1. The van der Waals surface area contributed by atoms with Crippen molar-refractivity contribution in [2.45, 2.75) is 13.8 Å². The van der Waals surface area contributed by atoms with Crippen molar-refractivity contribution < 1.29 is 0 Å². The summed E-state index contributed by atoms with van der Waals surface area (Å²) in [7, 11) is 0. The third-order valence-corrected chi connectivity index (χ3v) is 2.15. The zero-order valence-electron chi connectivity index (χ0n) is 8.36. The average molecular weight is 187 g/mol. The molecule has 0 spiro atoms. The van der Waals surface area contributed by atoms with Gasteiger partial charge in [-0.2, -0.15) is 5.10 Å². The smallest absolute Gasteiger partial charge is 0.146 e. The lowest BCUT2D eigenvalue weighted by Gasteiger charge is -2.04. The Balaban J connectivity index is 2.54. The van der Waals surface area contributed by atoms with Gasteiger partial charge in [0.2, 0.25) is 0 Å². The Bertz CT molecular complexity index is 457. The number of rotatable bonds is 1. The van der Waals surface area contributed by atoms with Gasteiger partial charge in [-0.3, -0.25) is 0 Å². The van der Waals surface area contributed by atoms with Crippen molar-refractivity contribution in [1.29, 1.82) is 0 Å². The van der Waals surface area contributed by atoms with Crippen molar-refractivity contribution in [2.75, 3.05) is 5.73 Å². The Hall–Kier alpha value is -1.77. The predicted octanol–water partition coefficient (Wildman–Crippen LogP) is 2.07. The van der Waals surface area contributed by atoms with E-state index in [1.54, 1.807) is 0 Å². The van der Waals surface area contributed by atoms with Crippen LogP contribution in [0.3, 0.4) is 0 Å². The lowest BCUT2D eigenvalue weighted by Crippen LogP contribution is -1.99. The van der Waals surface area contributed by atoms with Crippen LogP contribution < -0.4 is 5.73 Å². The maximum atomic E-state index is 5.62. The molecule has 0 unspecified atom stereocenters. The third kappa shape index (κ3) is 1.48. The fraction of sp³-hybridized carbons (Fsp3) is 0.182. The molecule has 0 aliphatic rings. The lowest BCUT2D eigenvalue weighted by atomic mass is 10.2. The van der Waals surface area contributed by atoms with E-state index in [0.29, 0.717) is 5.82 Å². The second kappa shape index (κ2) is 3.18. The highest BCUT2D eigenvalue weighted by molar-refractivity contribution is 5.40. The number of nitrogens with zero attached hydrogens (tertiary/aromatic N) is 2. The van der Waals surface area contributed by atoms with E-state index >= 15 is 0 Å². The summed E-state index contributed by atoms with van der Waals surface area (Å²) in [5.74, 6) is 0.559. The summed E-state index contributed by atoms with van der Waals surface area (Å²) >= 11 is 0. The molecule has 72 valence electrons. The molecular formula is C11H13N3. The van der Waals surface area contributed by atoms with E-state index in [4.69, 9.17) is 5.73 Å².